The van der Waals surface area contributed by atoms with E-state index in [1.165, 1.54) is 12.1 Å². The fraction of sp³-hybridized carbons (Fsp3) is 0.409. The Morgan fingerprint density at radius 2 is 1.83 bits per heavy atom. The summed E-state index contributed by atoms with van der Waals surface area (Å²) in [7, 11) is 0. The van der Waals surface area contributed by atoms with Gasteiger partial charge < -0.3 is 11.1 Å². The van der Waals surface area contributed by atoms with Crippen LogP contribution in [0.4, 0.5) is 10.3 Å². The Balaban J connectivity index is 1.72. The fourth-order valence-corrected chi connectivity index (χ4v) is 3.87. The van der Waals surface area contributed by atoms with E-state index in [0.29, 0.717) is 29.1 Å². The Bertz CT molecular complexity index is 1060. The molecule has 0 spiro atoms. The van der Waals surface area contributed by atoms with E-state index < -0.39 is 0 Å². The molecule has 1 aliphatic carbocycles. The summed E-state index contributed by atoms with van der Waals surface area (Å²) < 4.78 is 16.6. The number of rotatable bonds is 5. The predicted octanol–water partition coefficient (Wildman–Crippen LogP) is 3.50. The van der Waals surface area contributed by atoms with Crippen molar-refractivity contribution in [2.45, 2.75) is 57.7 Å². The molecule has 0 bridgehead atoms. The van der Waals surface area contributed by atoms with Crippen molar-refractivity contribution in [3.8, 4) is 17.1 Å². The highest BCUT2D eigenvalue weighted by Crippen LogP contribution is 2.24. The number of halogens is 1. The number of hydrogen-bond donors (Lipinski definition) is 2. The smallest absolute Gasteiger partial charge is 0.333 e. The van der Waals surface area contributed by atoms with Crippen LogP contribution in [-0.2, 0) is 0 Å². The Hall–Kier alpha value is -3.00. The van der Waals surface area contributed by atoms with Crippen LogP contribution < -0.4 is 16.7 Å². The van der Waals surface area contributed by atoms with Crippen molar-refractivity contribution in [2.75, 3.05) is 5.32 Å². The molecule has 2 heterocycles. The maximum atomic E-state index is 13.4. The zero-order chi connectivity index (χ0) is 21.3. The molecule has 1 fully saturated rings. The van der Waals surface area contributed by atoms with Gasteiger partial charge in [-0.2, -0.15) is 0 Å². The molecule has 0 aliphatic heterocycles. The van der Waals surface area contributed by atoms with E-state index in [2.05, 4.69) is 15.3 Å². The fourth-order valence-electron chi connectivity index (χ4n) is 3.87. The molecule has 1 aliphatic rings. The third-order valence-electron chi connectivity index (χ3n) is 5.58. The maximum Gasteiger partial charge on any atom is 0.333 e. The van der Waals surface area contributed by atoms with Crippen LogP contribution in [-0.4, -0.2) is 31.2 Å². The van der Waals surface area contributed by atoms with Gasteiger partial charge in [0.1, 0.15) is 5.82 Å². The van der Waals surface area contributed by atoms with E-state index in [9.17, 15) is 9.18 Å². The Morgan fingerprint density at radius 1 is 1.13 bits per heavy atom. The van der Waals surface area contributed by atoms with Gasteiger partial charge in [-0.3, -0.25) is 9.13 Å². The molecule has 0 atom stereocenters. The number of hydrogen-bond acceptors (Lipinski definition) is 5. The molecule has 158 valence electrons. The van der Waals surface area contributed by atoms with E-state index in [4.69, 9.17) is 5.73 Å². The molecule has 3 N–H and O–H groups in total. The van der Waals surface area contributed by atoms with Crippen molar-refractivity contribution < 1.29 is 4.39 Å². The second-order valence-electron chi connectivity index (χ2n) is 8.13. The first kappa shape index (κ1) is 20.3. The summed E-state index contributed by atoms with van der Waals surface area (Å²) in [6.45, 7) is 3.89. The molecule has 0 saturated heterocycles. The molecule has 1 aromatic carbocycles. The first-order valence-electron chi connectivity index (χ1n) is 10.4. The third-order valence-corrected chi connectivity index (χ3v) is 5.58. The lowest BCUT2D eigenvalue weighted by atomic mass is 9.92. The van der Waals surface area contributed by atoms with Gasteiger partial charge in [0.05, 0.1) is 17.1 Å². The van der Waals surface area contributed by atoms with Gasteiger partial charge >= 0.3 is 5.69 Å². The molecular formula is C22H27FN6O. The van der Waals surface area contributed by atoms with Crippen molar-refractivity contribution in [1.82, 2.24) is 19.1 Å². The summed E-state index contributed by atoms with van der Waals surface area (Å²) in [5.74, 6) is 0.181. The van der Waals surface area contributed by atoms with Gasteiger partial charge in [-0.15, -0.1) is 0 Å². The zero-order valence-electron chi connectivity index (χ0n) is 17.3. The second-order valence-corrected chi connectivity index (χ2v) is 8.13. The standard InChI is InChI=1S/C22H27FN6O/c1-14(2)28-13-20(29(22(28)30)18-9-3-15(23)4-10-18)19-11-12-25-21(27-19)26-17-7-5-16(24)6-8-17/h3-4,9-14,16-17H,5-8,24H2,1-2H3,(H,25,26,27). The van der Waals surface area contributed by atoms with Crippen LogP contribution in [0.2, 0.25) is 0 Å². The highest BCUT2D eigenvalue weighted by Gasteiger charge is 2.21. The van der Waals surface area contributed by atoms with Crippen molar-refractivity contribution in [1.29, 1.82) is 0 Å². The minimum atomic E-state index is -0.350. The molecule has 30 heavy (non-hydrogen) atoms. The zero-order valence-corrected chi connectivity index (χ0v) is 17.3. The lowest BCUT2D eigenvalue weighted by molar-refractivity contribution is 0.410. The van der Waals surface area contributed by atoms with Crippen molar-refractivity contribution >= 4 is 5.95 Å². The summed E-state index contributed by atoms with van der Waals surface area (Å²) in [4.78, 5) is 22.1. The minimum Gasteiger partial charge on any atom is -0.351 e. The SMILES string of the molecule is CC(C)n1cc(-c2ccnc(NC3CCC(N)CC3)n2)n(-c2ccc(F)cc2)c1=O. The second kappa shape index (κ2) is 8.39. The van der Waals surface area contributed by atoms with E-state index in [0.717, 1.165) is 25.7 Å². The summed E-state index contributed by atoms with van der Waals surface area (Å²) in [6.07, 6.45) is 7.42. The molecule has 0 radical (unpaired) electrons. The Kier molecular flexibility index (Phi) is 5.67. The molecule has 7 nitrogen and oxygen atoms in total. The van der Waals surface area contributed by atoms with Gasteiger partial charge in [0.15, 0.2) is 0 Å². The average Bonchev–Trinajstić information content (AvgIpc) is 3.08. The number of nitrogens with one attached hydrogen (secondary N) is 1. The van der Waals surface area contributed by atoms with Gasteiger partial charge in [-0.05, 0) is 69.9 Å². The number of anilines is 1. The first-order valence-corrected chi connectivity index (χ1v) is 10.4. The van der Waals surface area contributed by atoms with Crippen LogP contribution in [0.3, 0.4) is 0 Å². The quantitative estimate of drug-likeness (QED) is 0.672. The van der Waals surface area contributed by atoms with E-state index in [1.54, 1.807) is 39.7 Å². The van der Waals surface area contributed by atoms with Gasteiger partial charge in [0, 0.05) is 30.5 Å². The molecule has 4 rings (SSSR count). The highest BCUT2D eigenvalue weighted by atomic mass is 19.1. The van der Waals surface area contributed by atoms with Crippen LogP contribution in [0.15, 0.2) is 47.5 Å². The number of aromatic nitrogens is 4. The Morgan fingerprint density at radius 3 is 2.50 bits per heavy atom. The summed E-state index contributed by atoms with van der Waals surface area (Å²) in [6, 6.07) is 8.20. The predicted molar refractivity (Wildman–Crippen MR) is 115 cm³/mol. The Labute approximate surface area is 174 Å². The number of nitrogens with two attached hydrogens (primary N) is 1. The van der Waals surface area contributed by atoms with Gasteiger partial charge in [-0.25, -0.2) is 19.2 Å². The summed E-state index contributed by atoms with van der Waals surface area (Å²) in [5, 5.41) is 3.40. The lowest BCUT2D eigenvalue weighted by Gasteiger charge is -2.26. The van der Waals surface area contributed by atoms with Gasteiger partial charge in [-0.1, -0.05) is 0 Å². The molecule has 8 heteroatoms. The molecular weight excluding hydrogens is 383 g/mol. The van der Waals surface area contributed by atoms with Crippen molar-refractivity contribution in [3.05, 3.63) is 59.0 Å². The van der Waals surface area contributed by atoms with E-state index in [1.807, 2.05) is 13.8 Å². The highest BCUT2D eigenvalue weighted by molar-refractivity contribution is 5.59. The number of nitrogens with zero attached hydrogens (tertiary/aromatic N) is 4. The van der Waals surface area contributed by atoms with E-state index in [-0.39, 0.29) is 23.6 Å². The van der Waals surface area contributed by atoms with Crippen LogP contribution in [0, 0.1) is 5.82 Å². The van der Waals surface area contributed by atoms with Gasteiger partial charge in [0.2, 0.25) is 5.95 Å². The van der Waals surface area contributed by atoms with Crippen LogP contribution in [0.5, 0.6) is 0 Å². The topological polar surface area (TPSA) is 90.8 Å². The summed E-state index contributed by atoms with van der Waals surface area (Å²) >= 11 is 0. The van der Waals surface area contributed by atoms with Crippen LogP contribution >= 0.6 is 0 Å². The average molecular weight is 410 g/mol. The van der Waals surface area contributed by atoms with Crippen LogP contribution in [0.1, 0.15) is 45.6 Å². The van der Waals surface area contributed by atoms with E-state index >= 15 is 0 Å². The van der Waals surface area contributed by atoms with Crippen LogP contribution in [0.25, 0.3) is 17.1 Å². The van der Waals surface area contributed by atoms with Gasteiger partial charge in [0.25, 0.3) is 0 Å². The number of imidazole rings is 1. The third kappa shape index (κ3) is 4.14. The molecule has 0 amide bonds. The first-order chi connectivity index (χ1) is 14.4. The van der Waals surface area contributed by atoms with Crippen molar-refractivity contribution in [2.24, 2.45) is 5.73 Å². The molecule has 2 aromatic heterocycles. The molecule has 0 unspecified atom stereocenters. The minimum absolute atomic E-state index is 0.0242. The largest absolute Gasteiger partial charge is 0.351 e. The normalized spacial score (nSPS) is 19.2. The molecule has 3 aromatic rings. The van der Waals surface area contributed by atoms with Crippen molar-refractivity contribution in [3.63, 3.8) is 0 Å². The maximum absolute atomic E-state index is 13.4. The lowest BCUT2D eigenvalue weighted by Crippen LogP contribution is -2.33. The molecule has 1 saturated carbocycles. The number of benzene rings is 1. The summed E-state index contributed by atoms with van der Waals surface area (Å²) in [5.41, 5.74) is 7.65. The monoisotopic (exact) mass is 410 g/mol.